The maximum atomic E-state index is 10.7. The van der Waals surface area contributed by atoms with E-state index < -0.39 is 3.79 Å². The van der Waals surface area contributed by atoms with Crippen LogP contribution in [0.25, 0.3) is 12.2 Å². The summed E-state index contributed by atoms with van der Waals surface area (Å²) in [6, 6.07) is 5.28. The second-order valence-corrected chi connectivity index (χ2v) is 7.16. The molecule has 1 heterocycles. The third-order valence-corrected chi connectivity index (χ3v) is 3.42. The van der Waals surface area contributed by atoms with Gasteiger partial charge in [0.15, 0.2) is 11.5 Å². The molecule has 0 aliphatic heterocycles. The van der Waals surface area contributed by atoms with Crippen molar-refractivity contribution in [1.82, 2.24) is 10.2 Å². The summed E-state index contributed by atoms with van der Waals surface area (Å²) in [4.78, 5) is 10.7. The normalized spacial score (nSPS) is 11.6. The molecule has 1 aromatic heterocycles. The summed E-state index contributed by atoms with van der Waals surface area (Å²) < 4.78 is 19.1. The summed E-state index contributed by atoms with van der Waals surface area (Å²) >= 11 is 17.0. The van der Waals surface area contributed by atoms with Gasteiger partial charge in [0.25, 0.3) is 9.68 Å². The van der Waals surface area contributed by atoms with Crippen LogP contribution in [0, 0.1) is 0 Å². The van der Waals surface area contributed by atoms with Crippen LogP contribution in [0.4, 0.5) is 0 Å². The average molecular weight is 422 g/mol. The van der Waals surface area contributed by atoms with Crippen LogP contribution in [0.2, 0.25) is 0 Å². The largest absolute Gasteiger partial charge is 0.493 e. The highest BCUT2D eigenvalue weighted by atomic mass is 35.6. The Morgan fingerprint density at radius 3 is 2.58 bits per heavy atom. The first-order valence-electron chi connectivity index (χ1n) is 7.32. The fraction of sp³-hybridized carbons (Fsp3) is 0.312. The van der Waals surface area contributed by atoms with Gasteiger partial charge in [0.2, 0.25) is 5.89 Å². The Morgan fingerprint density at radius 1 is 1.19 bits per heavy atom. The molecule has 26 heavy (non-hydrogen) atoms. The Morgan fingerprint density at radius 2 is 1.96 bits per heavy atom. The van der Waals surface area contributed by atoms with E-state index in [4.69, 9.17) is 53.4 Å². The predicted octanol–water partition coefficient (Wildman–Crippen LogP) is 4.02. The number of methoxy groups -OCH3 is 1. The van der Waals surface area contributed by atoms with E-state index in [2.05, 4.69) is 10.2 Å². The van der Waals surface area contributed by atoms with E-state index in [9.17, 15) is 4.79 Å². The molecule has 1 aromatic carbocycles. The van der Waals surface area contributed by atoms with E-state index in [0.717, 1.165) is 5.56 Å². The molecule has 0 amide bonds. The van der Waals surface area contributed by atoms with E-state index in [1.807, 2.05) is 0 Å². The standard InChI is InChI=1S/C16H15Cl3N2O5/c1-10(22)24-7-8-25-12-5-3-11(9-13(12)23-2)4-6-14-20-21-15(26-14)16(17,18)19/h3-6,9H,7-8H2,1-2H3. The van der Waals surface area contributed by atoms with Crippen LogP contribution in [0.15, 0.2) is 22.6 Å². The SMILES string of the molecule is COc1cc(C=Cc2nnc(C(Cl)(Cl)Cl)o2)ccc1OCCOC(C)=O. The molecular weight excluding hydrogens is 407 g/mol. The monoisotopic (exact) mass is 420 g/mol. The zero-order valence-electron chi connectivity index (χ0n) is 13.9. The fourth-order valence-corrected chi connectivity index (χ4v) is 2.06. The number of nitrogens with zero attached hydrogens (tertiary/aromatic N) is 2. The highest BCUT2D eigenvalue weighted by Crippen LogP contribution is 2.37. The summed E-state index contributed by atoms with van der Waals surface area (Å²) in [6.07, 6.45) is 3.30. The highest BCUT2D eigenvalue weighted by molar-refractivity contribution is 6.66. The van der Waals surface area contributed by atoms with Gasteiger partial charge < -0.3 is 18.6 Å². The quantitative estimate of drug-likeness (QED) is 0.379. The van der Waals surface area contributed by atoms with Crippen LogP contribution >= 0.6 is 34.8 Å². The average Bonchev–Trinajstić information content (AvgIpc) is 3.06. The summed E-state index contributed by atoms with van der Waals surface area (Å²) in [5.41, 5.74) is 0.794. The topological polar surface area (TPSA) is 83.7 Å². The van der Waals surface area contributed by atoms with Crippen molar-refractivity contribution in [2.24, 2.45) is 0 Å². The van der Waals surface area contributed by atoms with Crippen molar-refractivity contribution in [3.05, 3.63) is 35.5 Å². The van der Waals surface area contributed by atoms with Crippen molar-refractivity contribution >= 4 is 52.9 Å². The first-order chi connectivity index (χ1) is 12.3. The van der Waals surface area contributed by atoms with Gasteiger partial charge in [0.05, 0.1) is 7.11 Å². The molecule has 0 N–H and O–H groups in total. The number of carbonyl (C=O) groups is 1. The number of alkyl halides is 3. The second kappa shape index (κ2) is 9.12. The number of hydrogen-bond acceptors (Lipinski definition) is 7. The Labute approximate surface area is 164 Å². The molecule has 0 saturated carbocycles. The van der Waals surface area contributed by atoms with Crippen molar-refractivity contribution in [2.75, 3.05) is 20.3 Å². The van der Waals surface area contributed by atoms with Gasteiger partial charge in [-0.15, -0.1) is 10.2 Å². The van der Waals surface area contributed by atoms with Gasteiger partial charge in [-0.05, 0) is 23.8 Å². The number of ether oxygens (including phenoxy) is 3. The smallest absolute Gasteiger partial charge is 0.302 e. The number of benzene rings is 1. The van der Waals surface area contributed by atoms with E-state index >= 15 is 0 Å². The lowest BCUT2D eigenvalue weighted by Crippen LogP contribution is -2.10. The summed E-state index contributed by atoms with van der Waals surface area (Å²) in [5.74, 6) is 0.749. The zero-order valence-corrected chi connectivity index (χ0v) is 16.1. The van der Waals surface area contributed by atoms with Gasteiger partial charge in [-0.2, -0.15) is 0 Å². The van der Waals surface area contributed by atoms with Gasteiger partial charge >= 0.3 is 5.97 Å². The third kappa shape index (κ3) is 6.09. The number of carbonyl (C=O) groups excluding carboxylic acids is 1. The van der Waals surface area contributed by atoms with Crippen LogP contribution in [-0.2, 0) is 13.3 Å². The lowest BCUT2D eigenvalue weighted by Gasteiger charge is -2.11. The molecule has 0 radical (unpaired) electrons. The van der Waals surface area contributed by atoms with Crippen LogP contribution in [-0.4, -0.2) is 36.5 Å². The van der Waals surface area contributed by atoms with E-state index in [1.54, 1.807) is 30.4 Å². The number of esters is 1. The van der Waals surface area contributed by atoms with Gasteiger partial charge in [-0.1, -0.05) is 40.9 Å². The Balaban J connectivity index is 2.04. The third-order valence-electron chi connectivity index (χ3n) is 2.94. The lowest BCUT2D eigenvalue weighted by molar-refractivity contribution is -0.141. The summed E-state index contributed by atoms with van der Waals surface area (Å²) in [7, 11) is 1.52. The zero-order chi connectivity index (χ0) is 19.2. The van der Waals surface area contributed by atoms with E-state index in [-0.39, 0.29) is 31.0 Å². The van der Waals surface area contributed by atoms with Gasteiger partial charge in [-0.25, -0.2) is 0 Å². The molecule has 10 heteroatoms. The second-order valence-electron chi connectivity index (χ2n) is 4.88. The number of hydrogen-bond donors (Lipinski definition) is 0. The van der Waals surface area contributed by atoms with E-state index in [1.165, 1.54) is 14.0 Å². The molecule has 7 nitrogen and oxygen atoms in total. The number of rotatable bonds is 7. The lowest BCUT2D eigenvalue weighted by atomic mass is 10.2. The molecule has 0 bridgehead atoms. The van der Waals surface area contributed by atoms with Crippen molar-refractivity contribution < 1.29 is 23.4 Å². The molecule has 0 aliphatic rings. The first kappa shape index (κ1) is 20.4. The molecule has 0 spiro atoms. The Kier molecular flexibility index (Phi) is 7.14. The molecule has 0 fully saturated rings. The van der Waals surface area contributed by atoms with E-state index in [0.29, 0.717) is 11.5 Å². The van der Waals surface area contributed by atoms with Crippen molar-refractivity contribution in [3.8, 4) is 11.5 Å². The van der Waals surface area contributed by atoms with Crippen LogP contribution in [0.1, 0.15) is 24.3 Å². The Bertz CT molecular complexity index is 786. The maximum absolute atomic E-state index is 10.7. The van der Waals surface area contributed by atoms with Crippen molar-refractivity contribution in [2.45, 2.75) is 10.7 Å². The molecule has 140 valence electrons. The van der Waals surface area contributed by atoms with Gasteiger partial charge in [-0.3, -0.25) is 4.79 Å². The fourth-order valence-electron chi connectivity index (χ4n) is 1.83. The van der Waals surface area contributed by atoms with Crippen LogP contribution < -0.4 is 9.47 Å². The van der Waals surface area contributed by atoms with Crippen LogP contribution in [0.3, 0.4) is 0 Å². The van der Waals surface area contributed by atoms with Crippen LogP contribution in [0.5, 0.6) is 11.5 Å². The molecule has 0 atom stereocenters. The number of aromatic nitrogens is 2. The van der Waals surface area contributed by atoms with Crippen molar-refractivity contribution in [1.29, 1.82) is 0 Å². The van der Waals surface area contributed by atoms with Crippen molar-refractivity contribution in [3.63, 3.8) is 0 Å². The summed E-state index contributed by atoms with van der Waals surface area (Å²) in [5, 5.41) is 7.43. The minimum absolute atomic E-state index is 0.115. The number of halogens is 3. The highest BCUT2D eigenvalue weighted by Gasteiger charge is 2.29. The van der Waals surface area contributed by atoms with Gasteiger partial charge in [0, 0.05) is 13.0 Å². The first-order valence-corrected chi connectivity index (χ1v) is 8.46. The molecule has 0 unspecified atom stereocenters. The molecule has 2 rings (SSSR count). The molecular formula is C16H15Cl3N2O5. The van der Waals surface area contributed by atoms with Gasteiger partial charge in [0.1, 0.15) is 13.2 Å². The minimum Gasteiger partial charge on any atom is -0.493 e. The maximum Gasteiger partial charge on any atom is 0.302 e. The molecule has 0 saturated heterocycles. The predicted molar refractivity (Wildman–Crippen MR) is 97.6 cm³/mol. The Hall–Kier alpha value is -1.96. The minimum atomic E-state index is -1.77. The molecule has 0 aliphatic carbocycles. The summed E-state index contributed by atoms with van der Waals surface area (Å²) in [6.45, 7) is 1.71. The molecule has 2 aromatic rings.